The number of hydrogen-bond donors (Lipinski definition) is 0. The van der Waals surface area contributed by atoms with Crippen LogP contribution in [0.1, 0.15) is 259 Å². The van der Waals surface area contributed by atoms with E-state index in [4.69, 9.17) is 14.2 Å². The highest BCUT2D eigenvalue weighted by molar-refractivity contribution is 5.70. The summed E-state index contributed by atoms with van der Waals surface area (Å²) in [5, 5.41) is 0. The Balaban J connectivity index is -0.0000157. The Morgan fingerprint density at radius 2 is 0.542 bits per heavy atom. The van der Waals surface area contributed by atoms with Crippen molar-refractivity contribution in [3.63, 3.8) is 0 Å². The average Bonchev–Trinajstić information content (AvgIpc) is 3.18. The van der Waals surface area contributed by atoms with Gasteiger partial charge >= 0.3 is 17.9 Å². The molecule has 0 N–H and O–H groups in total. The third kappa shape index (κ3) is 44.5. The van der Waals surface area contributed by atoms with Crippen molar-refractivity contribution in [2.45, 2.75) is 259 Å². The zero-order valence-electron chi connectivity index (χ0n) is 39.6. The molecule has 8 heteroatoms. The number of quaternary nitrogens is 1. The first kappa shape index (κ1) is 62.0. The Labute approximate surface area is 374 Å². The zero-order valence-corrected chi connectivity index (χ0v) is 40.3. The van der Waals surface area contributed by atoms with Crippen molar-refractivity contribution >= 4 is 17.9 Å². The van der Waals surface area contributed by atoms with Gasteiger partial charge in [-0.1, -0.05) is 221 Å². The number of unbranched alkanes of at least 4 members (excludes halogenated alkanes) is 30. The van der Waals surface area contributed by atoms with Crippen LogP contribution in [0.4, 0.5) is 0 Å². The molecular formula is C51H102ClNO6. The van der Waals surface area contributed by atoms with Crippen LogP contribution in [0.5, 0.6) is 0 Å². The second kappa shape index (κ2) is 44.7. The molecule has 0 heterocycles. The summed E-state index contributed by atoms with van der Waals surface area (Å²) >= 11 is 0. The van der Waals surface area contributed by atoms with Crippen LogP contribution >= 0.6 is 0 Å². The summed E-state index contributed by atoms with van der Waals surface area (Å²) in [6.07, 6.45) is 41.7. The van der Waals surface area contributed by atoms with Crippen LogP contribution in [-0.2, 0) is 28.6 Å². The molecule has 0 aromatic carbocycles. The van der Waals surface area contributed by atoms with Crippen molar-refractivity contribution in [2.75, 3.05) is 47.5 Å². The molecule has 7 nitrogen and oxygen atoms in total. The minimum Gasteiger partial charge on any atom is -1.00 e. The lowest BCUT2D eigenvalue weighted by Gasteiger charge is -2.38. The van der Waals surface area contributed by atoms with Gasteiger partial charge in [0.05, 0.1) is 27.7 Å². The lowest BCUT2D eigenvalue weighted by Crippen LogP contribution is -3.00. The molecule has 0 rings (SSSR count). The lowest BCUT2D eigenvalue weighted by molar-refractivity contribution is -0.877. The minimum atomic E-state index is -0.815. The maximum absolute atomic E-state index is 13.0. The van der Waals surface area contributed by atoms with E-state index in [1.807, 2.05) is 0 Å². The van der Waals surface area contributed by atoms with E-state index in [0.717, 1.165) is 57.8 Å². The number of hydrogen-bond acceptors (Lipinski definition) is 6. The third-order valence-corrected chi connectivity index (χ3v) is 11.4. The maximum atomic E-state index is 13.0. The molecule has 0 aliphatic rings. The van der Waals surface area contributed by atoms with Gasteiger partial charge in [0.25, 0.3) is 0 Å². The molecule has 0 radical (unpaired) electrons. The summed E-state index contributed by atoms with van der Waals surface area (Å²) in [5.74, 6) is -0.677. The zero-order chi connectivity index (χ0) is 42.1. The Morgan fingerprint density at radius 3 is 0.729 bits per heavy atom. The first-order chi connectivity index (χ1) is 27.6. The van der Waals surface area contributed by atoms with Crippen molar-refractivity contribution in [3.8, 4) is 0 Å². The summed E-state index contributed by atoms with van der Waals surface area (Å²) in [5.41, 5.74) is -0.815. The number of nitrogens with zero attached hydrogens (tertiary/aromatic N) is 1. The number of rotatable bonds is 44. The van der Waals surface area contributed by atoms with Crippen LogP contribution < -0.4 is 12.4 Å². The van der Waals surface area contributed by atoms with Crippen molar-refractivity contribution < 1.29 is 45.5 Å². The van der Waals surface area contributed by atoms with Crippen molar-refractivity contribution in [3.05, 3.63) is 0 Å². The summed E-state index contributed by atoms with van der Waals surface area (Å²) in [6.45, 7) is 7.51. The van der Waals surface area contributed by atoms with Gasteiger partial charge in [-0.3, -0.25) is 14.4 Å². The molecule has 0 saturated heterocycles. The highest BCUT2D eigenvalue weighted by Gasteiger charge is 2.41. The first-order valence-electron chi connectivity index (χ1n) is 24.8. The van der Waals surface area contributed by atoms with Crippen LogP contribution in [0.2, 0.25) is 0 Å². The van der Waals surface area contributed by atoms with Gasteiger partial charge in [-0.05, 0) is 19.3 Å². The summed E-state index contributed by atoms with van der Waals surface area (Å²) in [4.78, 5) is 39.0. The van der Waals surface area contributed by atoms with E-state index >= 15 is 0 Å². The molecule has 0 spiro atoms. The number of ether oxygens (including phenoxy) is 3. The van der Waals surface area contributed by atoms with Gasteiger partial charge in [0, 0.05) is 19.3 Å². The standard InChI is InChI=1S/C50H98NO6.CH4.ClH/c1-7-10-13-16-19-22-25-28-31-34-37-40-47(52)55-44-50(43-51(4,5)6,45-56-48(53)41-38-35-32-29-26-23-20-17-14-11-8-2)46-57-49(54)42-39-36-33-30-27-24-21-18-15-12-9-3;;/h7-46H2,1-6H3;1H4;1H/q+1;;/p-1. The summed E-state index contributed by atoms with van der Waals surface area (Å²) < 4.78 is 18.3. The van der Waals surface area contributed by atoms with Gasteiger partial charge in [-0.2, -0.15) is 0 Å². The molecule has 0 aliphatic heterocycles. The van der Waals surface area contributed by atoms with Crippen molar-refractivity contribution in [1.29, 1.82) is 0 Å². The largest absolute Gasteiger partial charge is 1.00 e. The smallest absolute Gasteiger partial charge is 0.305 e. The summed E-state index contributed by atoms with van der Waals surface area (Å²) in [7, 11) is 6.21. The molecule has 0 fully saturated rings. The molecule has 0 atom stereocenters. The number of carbonyl (C=O) groups is 3. The number of halogens is 1. The monoisotopic (exact) mass is 860 g/mol. The molecule has 0 amide bonds. The van der Waals surface area contributed by atoms with Crippen LogP contribution in [0.15, 0.2) is 0 Å². The minimum absolute atomic E-state index is 0. The van der Waals surface area contributed by atoms with E-state index in [0.29, 0.717) is 30.3 Å². The maximum Gasteiger partial charge on any atom is 0.305 e. The van der Waals surface area contributed by atoms with Gasteiger partial charge in [0.1, 0.15) is 25.2 Å². The van der Waals surface area contributed by atoms with E-state index < -0.39 is 5.41 Å². The van der Waals surface area contributed by atoms with Gasteiger partial charge in [-0.25, -0.2) is 0 Å². The number of esters is 3. The van der Waals surface area contributed by atoms with Gasteiger partial charge in [-0.15, -0.1) is 0 Å². The van der Waals surface area contributed by atoms with E-state index in [1.165, 1.54) is 154 Å². The predicted molar refractivity (Wildman–Crippen MR) is 248 cm³/mol. The quantitative estimate of drug-likeness (QED) is 0.0263. The van der Waals surface area contributed by atoms with Crippen LogP contribution in [-0.4, -0.2) is 69.9 Å². The SMILES string of the molecule is C.CCCCCCCCCCCCCC(=O)OCC(COC(=O)CCCCCCCCCCCCC)(COC(=O)CCCCCCCCCCCCC)C[N+](C)(C)C.[Cl-]. The lowest BCUT2D eigenvalue weighted by atomic mass is 9.89. The fourth-order valence-electron chi connectivity index (χ4n) is 7.99. The fraction of sp³-hybridized carbons (Fsp3) is 0.941. The second-order valence-electron chi connectivity index (χ2n) is 18.8. The highest BCUT2D eigenvalue weighted by Crippen LogP contribution is 2.25. The van der Waals surface area contributed by atoms with E-state index in [2.05, 4.69) is 41.9 Å². The Hall–Kier alpha value is -1.34. The fourth-order valence-corrected chi connectivity index (χ4v) is 7.99. The second-order valence-corrected chi connectivity index (χ2v) is 18.8. The Bertz CT molecular complexity index is 820. The van der Waals surface area contributed by atoms with Crippen LogP contribution in [0.3, 0.4) is 0 Å². The average molecular weight is 861 g/mol. The molecular weight excluding hydrogens is 758 g/mol. The highest BCUT2D eigenvalue weighted by atomic mass is 35.5. The molecule has 0 saturated carbocycles. The molecule has 59 heavy (non-hydrogen) atoms. The van der Waals surface area contributed by atoms with E-state index in [1.54, 1.807) is 0 Å². The van der Waals surface area contributed by atoms with E-state index in [-0.39, 0.29) is 57.6 Å². The van der Waals surface area contributed by atoms with E-state index in [9.17, 15) is 14.4 Å². The molecule has 354 valence electrons. The first-order valence-corrected chi connectivity index (χ1v) is 24.8. The van der Waals surface area contributed by atoms with Crippen LogP contribution in [0, 0.1) is 5.41 Å². The molecule has 0 bridgehead atoms. The van der Waals surface area contributed by atoms with Crippen LogP contribution in [0.25, 0.3) is 0 Å². The van der Waals surface area contributed by atoms with Gasteiger partial charge < -0.3 is 31.1 Å². The molecule has 0 aliphatic carbocycles. The molecule has 0 aromatic rings. The normalized spacial score (nSPS) is 11.5. The van der Waals surface area contributed by atoms with Gasteiger partial charge in [0.15, 0.2) is 0 Å². The molecule has 0 unspecified atom stereocenters. The Morgan fingerprint density at radius 1 is 0.356 bits per heavy atom. The Kier molecular flexibility index (Phi) is 46.9. The topological polar surface area (TPSA) is 78.9 Å². The van der Waals surface area contributed by atoms with Crippen molar-refractivity contribution in [2.24, 2.45) is 5.41 Å². The predicted octanol–water partition coefficient (Wildman–Crippen LogP) is 12.1. The third-order valence-electron chi connectivity index (χ3n) is 11.4. The van der Waals surface area contributed by atoms with Crippen molar-refractivity contribution in [1.82, 2.24) is 0 Å². The van der Waals surface area contributed by atoms with Gasteiger partial charge in [0.2, 0.25) is 0 Å². The molecule has 0 aromatic heterocycles. The number of carbonyl (C=O) groups excluding carboxylic acids is 3. The summed E-state index contributed by atoms with van der Waals surface area (Å²) in [6, 6.07) is 0.